The SMILES string of the molecule is N#C/C(C(=O)Nc1ccc(I)cc1)=C(/O)c1ccc(C(F)(F)F)cc1. The van der Waals surface area contributed by atoms with Crippen LogP contribution in [-0.2, 0) is 11.0 Å². The highest BCUT2D eigenvalue weighted by atomic mass is 127. The Kier molecular flexibility index (Phi) is 5.69. The molecule has 0 aromatic heterocycles. The molecule has 1 amide bonds. The molecule has 0 fully saturated rings. The first-order chi connectivity index (χ1) is 11.7. The lowest BCUT2D eigenvalue weighted by Gasteiger charge is -2.09. The number of amides is 1. The zero-order chi connectivity index (χ0) is 18.6. The second-order valence-corrected chi connectivity index (χ2v) is 6.12. The molecule has 0 aliphatic rings. The number of nitrogens with one attached hydrogen (secondary N) is 1. The van der Waals surface area contributed by atoms with E-state index in [0.717, 1.165) is 27.8 Å². The smallest absolute Gasteiger partial charge is 0.416 e. The second-order valence-electron chi connectivity index (χ2n) is 4.87. The van der Waals surface area contributed by atoms with Crippen LogP contribution in [0, 0.1) is 14.9 Å². The Morgan fingerprint density at radius 2 is 1.64 bits per heavy atom. The lowest BCUT2D eigenvalue weighted by molar-refractivity contribution is -0.137. The van der Waals surface area contributed by atoms with Crippen LogP contribution in [0.4, 0.5) is 18.9 Å². The van der Waals surface area contributed by atoms with Crippen LogP contribution in [0.5, 0.6) is 0 Å². The second kappa shape index (κ2) is 7.57. The van der Waals surface area contributed by atoms with Crippen LogP contribution in [0.15, 0.2) is 54.1 Å². The van der Waals surface area contributed by atoms with Crippen LogP contribution in [0.25, 0.3) is 5.76 Å². The van der Waals surface area contributed by atoms with Gasteiger partial charge in [-0.15, -0.1) is 0 Å². The molecule has 4 nitrogen and oxygen atoms in total. The highest BCUT2D eigenvalue weighted by Gasteiger charge is 2.30. The van der Waals surface area contributed by atoms with Gasteiger partial charge in [-0.1, -0.05) is 12.1 Å². The Labute approximate surface area is 154 Å². The molecule has 0 unspecified atom stereocenters. The van der Waals surface area contributed by atoms with Crippen LogP contribution in [0.1, 0.15) is 11.1 Å². The molecule has 0 spiro atoms. The molecule has 128 valence electrons. The molecule has 0 aliphatic carbocycles. The summed E-state index contributed by atoms with van der Waals surface area (Å²) in [6.07, 6.45) is -4.52. The predicted octanol–water partition coefficient (Wildman–Crippen LogP) is 4.74. The van der Waals surface area contributed by atoms with E-state index in [9.17, 15) is 23.1 Å². The van der Waals surface area contributed by atoms with Gasteiger partial charge in [-0.05, 0) is 59.0 Å². The summed E-state index contributed by atoms with van der Waals surface area (Å²) in [5, 5.41) is 21.6. The van der Waals surface area contributed by atoms with Crippen LogP contribution >= 0.6 is 22.6 Å². The average molecular weight is 458 g/mol. The Hall–Kier alpha value is -2.54. The molecule has 8 heteroatoms. The standard InChI is InChI=1S/C17H10F3IN2O2/c18-17(19,20)11-3-1-10(2-4-11)15(24)14(9-22)16(25)23-13-7-5-12(21)6-8-13/h1-8,24H,(H,23,25)/b15-14-. The molecule has 2 N–H and O–H groups in total. The van der Waals surface area contributed by atoms with E-state index < -0.39 is 29.0 Å². The van der Waals surface area contributed by atoms with E-state index in [2.05, 4.69) is 27.9 Å². The fourth-order valence-electron chi connectivity index (χ4n) is 1.90. The lowest BCUT2D eigenvalue weighted by Crippen LogP contribution is -2.15. The number of hydrogen-bond acceptors (Lipinski definition) is 3. The van der Waals surface area contributed by atoms with Gasteiger partial charge in [0.15, 0.2) is 5.57 Å². The van der Waals surface area contributed by atoms with Crippen molar-refractivity contribution in [1.82, 2.24) is 0 Å². The summed E-state index contributed by atoms with van der Waals surface area (Å²) in [5.41, 5.74) is -1.15. The Bertz CT molecular complexity index is 851. The molecule has 0 atom stereocenters. The normalized spacial score (nSPS) is 12.1. The van der Waals surface area contributed by atoms with E-state index in [1.807, 2.05) is 0 Å². The number of aliphatic hydroxyl groups is 1. The van der Waals surface area contributed by atoms with Crippen LogP contribution < -0.4 is 5.32 Å². The van der Waals surface area contributed by atoms with Crippen molar-refractivity contribution in [2.75, 3.05) is 5.32 Å². The fraction of sp³-hybridized carbons (Fsp3) is 0.0588. The monoisotopic (exact) mass is 458 g/mol. The summed E-state index contributed by atoms with van der Waals surface area (Å²) in [6, 6.07) is 11.8. The largest absolute Gasteiger partial charge is 0.506 e. The van der Waals surface area contributed by atoms with Gasteiger partial charge in [0, 0.05) is 14.8 Å². The molecule has 0 aliphatic heterocycles. The lowest BCUT2D eigenvalue weighted by atomic mass is 10.1. The number of alkyl halides is 3. The molecule has 0 bridgehead atoms. The first-order valence-corrected chi connectivity index (χ1v) is 7.88. The molecule has 2 aromatic rings. The number of hydrogen-bond donors (Lipinski definition) is 2. The Morgan fingerprint density at radius 3 is 2.12 bits per heavy atom. The zero-order valence-corrected chi connectivity index (χ0v) is 14.6. The minimum absolute atomic E-state index is 0.0673. The number of anilines is 1. The van der Waals surface area contributed by atoms with Crippen molar-refractivity contribution in [3.8, 4) is 6.07 Å². The van der Waals surface area contributed by atoms with Crippen molar-refractivity contribution in [1.29, 1.82) is 5.26 Å². The quantitative estimate of drug-likeness (QED) is 0.302. The maximum atomic E-state index is 12.6. The van der Waals surface area contributed by atoms with Crippen LogP contribution in [-0.4, -0.2) is 11.0 Å². The highest BCUT2D eigenvalue weighted by molar-refractivity contribution is 14.1. The summed E-state index contributed by atoms with van der Waals surface area (Å²) in [6.45, 7) is 0. The van der Waals surface area contributed by atoms with Crippen molar-refractivity contribution in [3.05, 3.63) is 68.8 Å². The van der Waals surface area contributed by atoms with Crippen molar-refractivity contribution < 1.29 is 23.1 Å². The average Bonchev–Trinajstić information content (AvgIpc) is 2.57. The highest BCUT2D eigenvalue weighted by Crippen LogP contribution is 2.30. The molecule has 0 heterocycles. The molecule has 2 aromatic carbocycles. The topological polar surface area (TPSA) is 73.1 Å². The van der Waals surface area contributed by atoms with E-state index in [4.69, 9.17) is 5.26 Å². The number of carbonyl (C=O) groups excluding carboxylic acids is 1. The van der Waals surface area contributed by atoms with E-state index in [1.165, 1.54) is 0 Å². The van der Waals surface area contributed by atoms with Gasteiger partial charge in [0.2, 0.25) is 0 Å². The van der Waals surface area contributed by atoms with Crippen molar-refractivity contribution in [2.24, 2.45) is 0 Å². The van der Waals surface area contributed by atoms with E-state index in [0.29, 0.717) is 5.69 Å². The molecular formula is C17H10F3IN2O2. The molecule has 2 rings (SSSR count). The number of rotatable bonds is 3. The first kappa shape index (κ1) is 18.8. The van der Waals surface area contributed by atoms with Gasteiger partial charge < -0.3 is 10.4 Å². The predicted molar refractivity (Wildman–Crippen MR) is 94.4 cm³/mol. The maximum absolute atomic E-state index is 12.6. The third-order valence-electron chi connectivity index (χ3n) is 3.16. The Balaban J connectivity index is 2.28. The molecule has 0 saturated heterocycles. The van der Waals surface area contributed by atoms with Gasteiger partial charge in [0.1, 0.15) is 11.8 Å². The van der Waals surface area contributed by atoms with Gasteiger partial charge in [-0.25, -0.2) is 0 Å². The minimum Gasteiger partial charge on any atom is -0.506 e. The van der Waals surface area contributed by atoms with Crippen molar-refractivity contribution >= 4 is 39.9 Å². The van der Waals surface area contributed by atoms with Gasteiger partial charge >= 0.3 is 6.18 Å². The van der Waals surface area contributed by atoms with Gasteiger partial charge in [0.25, 0.3) is 5.91 Å². The summed E-state index contributed by atoms with van der Waals surface area (Å²) >= 11 is 2.08. The first-order valence-electron chi connectivity index (χ1n) is 6.80. The number of nitriles is 1. The van der Waals surface area contributed by atoms with E-state index in [1.54, 1.807) is 30.3 Å². The van der Waals surface area contributed by atoms with Gasteiger partial charge in [0.05, 0.1) is 5.56 Å². The van der Waals surface area contributed by atoms with Gasteiger partial charge in [-0.2, -0.15) is 18.4 Å². The number of halogens is 4. The number of benzene rings is 2. The van der Waals surface area contributed by atoms with Crippen LogP contribution in [0.3, 0.4) is 0 Å². The third kappa shape index (κ3) is 4.73. The summed E-state index contributed by atoms with van der Waals surface area (Å²) in [5.74, 6) is -1.56. The van der Waals surface area contributed by atoms with Crippen molar-refractivity contribution in [2.45, 2.75) is 6.18 Å². The summed E-state index contributed by atoms with van der Waals surface area (Å²) in [4.78, 5) is 12.1. The summed E-state index contributed by atoms with van der Waals surface area (Å²) in [7, 11) is 0. The number of aliphatic hydroxyl groups excluding tert-OH is 1. The van der Waals surface area contributed by atoms with Crippen LogP contribution in [0.2, 0.25) is 0 Å². The number of carbonyl (C=O) groups is 1. The third-order valence-corrected chi connectivity index (χ3v) is 3.88. The molecular weight excluding hydrogens is 448 g/mol. The Morgan fingerprint density at radius 1 is 1.08 bits per heavy atom. The van der Waals surface area contributed by atoms with Crippen molar-refractivity contribution in [3.63, 3.8) is 0 Å². The maximum Gasteiger partial charge on any atom is 0.416 e. The zero-order valence-electron chi connectivity index (χ0n) is 12.4. The van der Waals surface area contributed by atoms with Gasteiger partial charge in [-0.3, -0.25) is 4.79 Å². The number of nitrogens with zero attached hydrogens (tertiary/aromatic N) is 1. The van der Waals surface area contributed by atoms with E-state index >= 15 is 0 Å². The molecule has 25 heavy (non-hydrogen) atoms. The minimum atomic E-state index is -4.52. The molecule has 0 radical (unpaired) electrons. The molecule has 0 saturated carbocycles. The fourth-order valence-corrected chi connectivity index (χ4v) is 2.26. The van der Waals surface area contributed by atoms with E-state index in [-0.39, 0.29) is 5.56 Å². The summed E-state index contributed by atoms with van der Waals surface area (Å²) < 4.78 is 38.6.